The Morgan fingerprint density at radius 2 is 1.80 bits per heavy atom. The number of aldehydes is 1. The van der Waals surface area contributed by atoms with Gasteiger partial charge in [0.1, 0.15) is 6.29 Å². The van der Waals surface area contributed by atoms with Crippen LogP contribution in [0.3, 0.4) is 0 Å². The summed E-state index contributed by atoms with van der Waals surface area (Å²) in [5.41, 5.74) is 0. The number of carbonyl (C=O) groups excluding carboxylic acids is 1. The van der Waals surface area contributed by atoms with Crippen LogP contribution in [0, 0.1) is 5.92 Å². The molecule has 1 rings (SSSR count). The van der Waals surface area contributed by atoms with Crippen molar-refractivity contribution >= 4 is 35.8 Å². The average Bonchev–Trinajstić information content (AvgIpc) is 1.91. The van der Waals surface area contributed by atoms with E-state index in [0.717, 1.165) is 18.6 Å². The molecule has 1 aliphatic carbocycles. The molecule has 0 spiro atoms. The second kappa shape index (κ2) is 6.38. The summed E-state index contributed by atoms with van der Waals surface area (Å²) in [7, 11) is 0. The van der Waals surface area contributed by atoms with E-state index in [4.69, 9.17) is 0 Å². The van der Waals surface area contributed by atoms with Crippen LogP contribution in [0.5, 0.6) is 0 Å². The maximum absolute atomic E-state index is 10.1. The second-order valence-electron chi connectivity index (χ2n) is 2.91. The molecule has 1 nitrogen and oxygen atoms in total. The fraction of sp³-hybridized carbons (Fsp3) is 0.875. The van der Waals surface area contributed by atoms with Crippen molar-refractivity contribution in [2.45, 2.75) is 38.5 Å². The predicted molar refractivity (Wildman–Crippen MR) is 44.4 cm³/mol. The van der Waals surface area contributed by atoms with Gasteiger partial charge in [0.2, 0.25) is 0 Å². The van der Waals surface area contributed by atoms with Crippen LogP contribution < -0.4 is 0 Å². The molecular formula is C8H15NaO. The number of hydrogen-bond donors (Lipinski definition) is 0. The molecule has 0 amide bonds. The Labute approximate surface area is 84.9 Å². The third kappa shape index (κ3) is 3.75. The van der Waals surface area contributed by atoms with Gasteiger partial charge < -0.3 is 4.79 Å². The van der Waals surface area contributed by atoms with E-state index in [1.807, 2.05) is 0 Å². The Kier molecular flexibility index (Phi) is 6.81. The van der Waals surface area contributed by atoms with Crippen molar-refractivity contribution in [3.63, 3.8) is 0 Å². The molecule has 10 heavy (non-hydrogen) atoms. The predicted octanol–water partition coefficient (Wildman–Crippen LogP) is 1.51. The van der Waals surface area contributed by atoms with Gasteiger partial charge in [-0.15, -0.1) is 0 Å². The molecule has 1 saturated carbocycles. The van der Waals surface area contributed by atoms with Gasteiger partial charge in [0.15, 0.2) is 0 Å². The summed E-state index contributed by atoms with van der Waals surface area (Å²) in [6.45, 7) is 0. The molecular weight excluding hydrogens is 135 g/mol. The zero-order chi connectivity index (χ0) is 6.53. The number of hydrogen-bond acceptors (Lipinski definition) is 1. The van der Waals surface area contributed by atoms with E-state index in [-0.39, 0.29) is 29.6 Å². The van der Waals surface area contributed by atoms with Crippen molar-refractivity contribution in [3.05, 3.63) is 0 Å². The van der Waals surface area contributed by atoms with Crippen molar-refractivity contribution in [2.24, 2.45) is 5.92 Å². The molecule has 0 heterocycles. The first kappa shape index (κ1) is 10.7. The molecule has 0 aromatic rings. The monoisotopic (exact) mass is 150 g/mol. The van der Waals surface area contributed by atoms with Gasteiger partial charge in [-0.05, 0) is 5.92 Å². The molecule has 0 aromatic heterocycles. The molecule has 0 aromatic carbocycles. The van der Waals surface area contributed by atoms with Gasteiger partial charge in [-0.1, -0.05) is 32.1 Å². The van der Waals surface area contributed by atoms with Crippen LogP contribution in [0.1, 0.15) is 38.5 Å². The van der Waals surface area contributed by atoms with Crippen LogP contribution in [-0.4, -0.2) is 35.8 Å². The fourth-order valence-electron chi connectivity index (χ4n) is 1.56. The molecule has 0 atom stereocenters. The number of carbonyl (C=O) groups is 1. The molecule has 54 valence electrons. The minimum atomic E-state index is 0. The summed E-state index contributed by atoms with van der Waals surface area (Å²) < 4.78 is 0. The van der Waals surface area contributed by atoms with Gasteiger partial charge in [0.05, 0.1) is 0 Å². The average molecular weight is 150 g/mol. The quantitative estimate of drug-likeness (QED) is 0.430. The molecule has 2 heteroatoms. The normalized spacial score (nSPS) is 19.6. The summed E-state index contributed by atoms with van der Waals surface area (Å²) in [6, 6.07) is 0. The molecule has 1 fully saturated rings. The molecule has 0 radical (unpaired) electrons. The van der Waals surface area contributed by atoms with Crippen molar-refractivity contribution in [1.82, 2.24) is 0 Å². The van der Waals surface area contributed by atoms with E-state index in [9.17, 15) is 4.79 Å². The van der Waals surface area contributed by atoms with E-state index in [2.05, 4.69) is 0 Å². The van der Waals surface area contributed by atoms with Gasteiger partial charge >= 0.3 is 29.6 Å². The van der Waals surface area contributed by atoms with Crippen LogP contribution in [0.4, 0.5) is 0 Å². The van der Waals surface area contributed by atoms with Crippen molar-refractivity contribution < 1.29 is 4.79 Å². The molecule has 0 saturated heterocycles. The van der Waals surface area contributed by atoms with E-state index in [1.165, 1.54) is 32.1 Å². The third-order valence-electron chi connectivity index (χ3n) is 2.15. The van der Waals surface area contributed by atoms with Crippen LogP contribution in [0.25, 0.3) is 0 Å². The maximum atomic E-state index is 10.1. The van der Waals surface area contributed by atoms with Gasteiger partial charge in [-0.25, -0.2) is 0 Å². The zero-order valence-corrected chi connectivity index (χ0v) is 5.81. The molecule has 0 N–H and O–H groups in total. The summed E-state index contributed by atoms with van der Waals surface area (Å²) in [5.74, 6) is 0.733. The first-order chi connectivity index (χ1) is 4.43. The van der Waals surface area contributed by atoms with Crippen molar-refractivity contribution in [1.29, 1.82) is 0 Å². The topological polar surface area (TPSA) is 17.1 Å². The molecule has 0 unspecified atom stereocenters. The Balaban J connectivity index is 0.000000810. The Bertz CT molecular complexity index is 87.3. The summed E-state index contributed by atoms with van der Waals surface area (Å²) in [5, 5.41) is 0. The van der Waals surface area contributed by atoms with Gasteiger partial charge in [0, 0.05) is 6.42 Å². The van der Waals surface area contributed by atoms with Crippen LogP contribution in [0.2, 0.25) is 0 Å². The Hall–Kier alpha value is 0.670. The van der Waals surface area contributed by atoms with Crippen LogP contribution in [0.15, 0.2) is 0 Å². The fourth-order valence-corrected chi connectivity index (χ4v) is 1.56. The number of rotatable bonds is 2. The first-order valence-corrected chi connectivity index (χ1v) is 3.87. The summed E-state index contributed by atoms with van der Waals surface area (Å²) >= 11 is 0. The zero-order valence-electron chi connectivity index (χ0n) is 5.81. The summed E-state index contributed by atoms with van der Waals surface area (Å²) in [6.07, 6.45) is 8.53. The van der Waals surface area contributed by atoms with Crippen LogP contribution >= 0.6 is 0 Å². The summed E-state index contributed by atoms with van der Waals surface area (Å²) in [4.78, 5) is 10.1. The van der Waals surface area contributed by atoms with E-state index in [1.54, 1.807) is 0 Å². The van der Waals surface area contributed by atoms with Gasteiger partial charge in [-0.3, -0.25) is 0 Å². The first-order valence-electron chi connectivity index (χ1n) is 3.87. The SMILES string of the molecule is O=CCC1CCCCC1.[NaH]. The Morgan fingerprint density at radius 3 is 2.30 bits per heavy atom. The van der Waals surface area contributed by atoms with E-state index < -0.39 is 0 Å². The van der Waals surface area contributed by atoms with Gasteiger partial charge in [-0.2, -0.15) is 0 Å². The van der Waals surface area contributed by atoms with Crippen molar-refractivity contribution in [3.8, 4) is 0 Å². The van der Waals surface area contributed by atoms with Crippen molar-refractivity contribution in [2.75, 3.05) is 0 Å². The molecule has 1 aliphatic rings. The van der Waals surface area contributed by atoms with E-state index in [0.29, 0.717) is 0 Å². The minimum absolute atomic E-state index is 0. The standard InChI is InChI=1S/C8H14O.Na.H/c9-7-6-8-4-2-1-3-5-8;;/h7-8H,1-6H2;;. The van der Waals surface area contributed by atoms with Gasteiger partial charge in [0.25, 0.3) is 0 Å². The Morgan fingerprint density at radius 1 is 1.20 bits per heavy atom. The molecule has 0 aliphatic heterocycles. The third-order valence-corrected chi connectivity index (χ3v) is 2.15. The second-order valence-corrected chi connectivity index (χ2v) is 2.91. The molecule has 0 bridgehead atoms. The van der Waals surface area contributed by atoms with Crippen LogP contribution in [-0.2, 0) is 4.79 Å². The van der Waals surface area contributed by atoms with E-state index >= 15 is 0 Å².